The van der Waals surface area contributed by atoms with E-state index in [4.69, 9.17) is 18.9 Å². The smallest absolute Gasteiger partial charge is 0.226 e. The fraction of sp³-hybridized carbons (Fsp3) is 0.870. The fourth-order valence-electron chi connectivity index (χ4n) is 8.66. The van der Waals surface area contributed by atoms with Gasteiger partial charge in [0, 0.05) is 11.8 Å². The minimum Gasteiger partial charge on any atom is -0.393 e. The van der Waals surface area contributed by atoms with Gasteiger partial charge in [-0.2, -0.15) is 0 Å². The molecule has 2 spiro atoms. The van der Waals surface area contributed by atoms with E-state index >= 15 is 0 Å². The van der Waals surface area contributed by atoms with E-state index in [-0.39, 0.29) is 36.1 Å². The van der Waals surface area contributed by atoms with Gasteiger partial charge in [-0.25, -0.2) is 0 Å². The van der Waals surface area contributed by atoms with Crippen LogP contribution in [0.2, 0.25) is 0 Å². The number of aliphatic hydroxyl groups is 1. The zero-order valence-corrected chi connectivity index (χ0v) is 17.4. The van der Waals surface area contributed by atoms with Gasteiger partial charge < -0.3 is 24.1 Å². The highest BCUT2D eigenvalue weighted by Gasteiger charge is 2.76. The van der Waals surface area contributed by atoms with Crippen LogP contribution in [0.25, 0.3) is 0 Å². The Balaban J connectivity index is 1.41. The van der Waals surface area contributed by atoms with E-state index in [2.05, 4.69) is 13.8 Å². The first kappa shape index (κ1) is 18.9. The van der Waals surface area contributed by atoms with Gasteiger partial charge in [-0.15, -0.1) is 0 Å². The molecule has 0 amide bonds. The maximum atomic E-state index is 12.1. The molecule has 0 aromatic rings. The molecule has 4 unspecified atom stereocenters. The summed E-state index contributed by atoms with van der Waals surface area (Å²) in [6, 6.07) is 0. The van der Waals surface area contributed by atoms with E-state index in [1.807, 2.05) is 6.08 Å². The lowest BCUT2D eigenvalue weighted by Crippen LogP contribution is -2.66. The predicted octanol–water partition coefficient (Wildman–Crippen LogP) is 2.93. The molecule has 3 saturated carbocycles. The molecule has 6 heteroatoms. The number of fused-ring (bicyclic) bond motifs is 7. The molecular weight excluding hydrogens is 372 g/mol. The maximum Gasteiger partial charge on any atom is 0.226 e. The first-order valence-corrected chi connectivity index (χ1v) is 11.3. The van der Waals surface area contributed by atoms with Crippen molar-refractivity contribution in [1.29, 1.82) is 0 Å². The van der Waals surface area contributed by atoms with Gasteiger partial charge in [0.1, 0.15) is 12.2 Å². The van der Waals surface area contributed by atoms with Crippen LogP contribution < -0.4 is 0 Å². The summed E-state index contributed by atoms with van der Waals surface area (Å²) in [5, 5.41) is 11.6. The highest BCUT2D eigenvalue weighted by Crippen LogP contribution is 2.71. The van der Waals surface area contributed by atoms with Crippen molar-refractivity contribution in [2.75, 3.05) is 20.2 Å². The second-order valence-corrected chi connectivity index (χ2v) is 10.7. The van der Waals surface area contributed by atoms with Crippen LogP contribution in [0.1, 0.15) is 58.8 Å². The van der Waals surface area contributed by atoms with Crippen LogP contribution in [-0.4, -0.2) is 48.6 Å². The van der Waals surface area contributed by atoms with E-state index in [0.717, 1.165) is 32.1 Å². The zero-order valence-electron chi connectivity index (χ0n) is 17.4. The Hall–Kier alpha value is -0.790. The van der Waals surface area contributed by atoms with Gasteiger partial charge in [0.2, 0.25) is 5.79 Å². The average molecular weight is 405 g/mol. The molecule has 0 aromatic carbocycles. The minimum absolute atomic E-state index is 0.0645. The van der Waals surface area contributed by atoms with Crippen molar-refractivity contribution in [1.82, 2.24) is 0 Å². The summed E-state index contributed by atoms with van der Waals surface area (Å²) in [5.41, 5.74) is 0.423. The number of rotatable bonds is 0. The number of ketones is 1. The summed E-state index contributed by atoms with van der Waals surface area (Å²) in [4.78, 5) is 12.1. The molecule has 2 aliphatic heterocycles. The molecule has 2 saturated heterocycles. The Morgan fingerprint density at radius 2 is 1.90 bits per heavy atom. The van der Waals surface area contributed by atoms with Gasteiger partial charge >= 0.3 is 0 Å². The third-order valence-electron chi connectivity index (χ3n) is 9.90. The van der Waals surface area contributed by atoms with Crippen molar-refractivity contribution in [3.05, 3.63) is 11.6 Å². The first-order valence-electron chi connectivity index (χ1n) is 11.3. The van der Waals surface area contributed by atoms with Crippen LogP contribution >= 0.6 is 0 Å². The molecule has 2 heterocycles. The van der Waals surface area contributed by atoms with Gasteiger partial charge in [0.05, 0.1) is 6.10 Å². The number of aliphatic hydroxyl groups excluding tert-OH is 1. The van der Waals surface area contributed by atoms with E-state index in [0.29, 0.717) is 31.3 Å². The first-order chi connectivity index (χ1) is 13.9. The Labute approximate surface area is 171 Å². The van der Waals surface area contributed by atoms with Gasteiger partial charge in [-0.3, -0.25) is 4.79 Å². The molecule has 8 atom stereocenters. The molecule has 1 N–H and O–H groups in total. The van der Waals surface area contributed by atoms with Gasteiger partial charge in [-0.1, -0.05) is 19.4 Å². The van der Waals surface area contributed by atoms with Crippen LogP contribution in [0.4, 0.5) is 0 Å². The molecule has 6 rings (SSSR count). The van der Waals surface area contributed by atoms with Crippen molar-refractivity contribution < 1.29 is 28.8 Å². The molecular formula is C23H32O6. The van der Waals surface area contributed by atoms with E-state index < -0.39 is 17.5 Å². The summed E-state index contributed by atoms with van der Waals surface area (Å²) in [6.45, 7) is 5.44. The summed E-state index contributed by atoms with van der Waals surface area (Å²) in [5.74, 6) is 0.506. The number of allylic oxidation sites excluding steroid dienone is 1. The monoisotopic (exact) mass is 404 g/mol. The highest BCUT2D eigenvalue weighted by atomic mass is 16.9. The molecule has 0 bridgehead atoms. The van der Waals surface area contributed by atoms with Gasteiger partial charge in [0.15, 0.2) is 19.4 Å². The van der Waals surface area contributed by atoms with Crippen LogP contribution in [0.15, 0.2) is 11.6 Å². The third-order valence-corrected chi connectivity index (χ3v) is 9.90. The number of ether oxygens (including phenoxy) is 4. The summed E-state index contributed by atoms with van der Waals surface area (Å²) in [7, 11) is 0. The average Bonchev–Trinajstić information content (AvgIpc) is 3.37. The van der Waals surface area contributed by atoms with Crippen molar-refractivity contribution >= 4 is 5.78 Å². The Morgan fingerprint density at radius 1 is 1.07 bits per heavy atom. The third kappa shape index (κ3) is 2.13. The van der Waals surface area contributed by atoms with E-state index in [1.165, 1.54) is 5.57 Å². The fourth-order valence-corrected chi connectivity index (χ4v) is 8.66. The lowest BCUT2D eigenvalue weighted by molar-refractivity contribution is -0.257. The lowest BCUT2D eigenvalue weighted by Gasteiger charge is -2.61. The Morgan fingerprint density at radius 3 is 2.69 bits per heavy atom. The summed E-state index contributed by atoms with van der Waals surface area (Å²) >= 11 is 0. The Bertz CT molecular complexity index is 766. The van der Waals surface area contributed by atoms with Crippen LogP contribution in [0.3, 0.4) is 0 Å². The molecule has 0 aromatic heterocycles. The molecule has 5 fully saturated rings. The number of carbonyl (C=O) groups is 1. The maximum absolute atomic E-state index is 12.1. The highest BCUT2D eigenvalue weighted by molar-refractivity contribution is 5.91. The van der Waals surface area contributed by atoms with Gasteiger partial charge in [-0.05, 0) is 67.8 Å². The number of hydrogen-bond donors (Lipinski definition) is 1. The summed E-state index contributed by atoms with van der Waals surface area (Å²) < 4.78 is 24.1. The van der Waals surface area contributed by atoms with Crippen LogP contribution in [0, 0.1) is 28.6 Å². The predicted molar refractivity (Wildman–Crippen MR) is 103 cm³/mol. The van der Waals surface area contributed by atoms with E-state index in [9.17, 15) is 9.90 Å². The standard InChI is InChI=1S/C23H32O6/c1-20-7-5-15(24)9-14(20)3-4-16-17-6-8-22(21(17,2)10-18(25)19(16)20)23(29-13-27-22)11-26-12-28-23/h9,16-19,25H,3-8,10-13H2,1-2H3/t16?,17?,18-,19?,20-,21-,22+,23?/m0/s1. The normalized spacial score (nSPS) is 56.4. The second kappa shape index (κ2) is 5.92. The lowest BCUT2D eigenvalue weighted by atomic mass is 9.45. The molecule has 6 aliphatic rings. The topological polar surface area (TPSA) is 74.2 Å². The van der Waals surface area contributed by atoms with Crippen LogP contribution in [-0.2, 0) is 23.7 Å². The second-order valence-electron chi connectivity index (χ2n) is 10.7. The number of hydrogen-bond acceptors (Lipinski definition) is 6. The Kier molecular flexibility index (Phi) is 3.86. The van der Waals surface area contributed by atoms with Crippen molar-refractivity contribution in [2.45, 2.75) is 76.3 Å². The largest absolute Gasteiger partial charge is 0.393 e. The molecule has 160 valence electrons. The van der Waals surface area contributed by atoms with E-state index in [1.54, 1.807) is 0 Å². The zero-order chi connectivity index (χ0) is 20.1. The SMILES string of the molecule is C[C@]12CCC(=O)C=C1CCC1C2[C@@H](O)C[C@@]2(C)C1CC[C@@]21OCOC12COCO2. The van der Waals surface area contributed by atoms with Crippen LogP contribution in [0.5, 0.6) is 0 Å². The minimum atomic E-state index is -0.843. The quantitative estimate of drug-likeness (QED) is 0.669. The summed E-state index contributed by atoms with van der Waals surface area (Å²) in [6.07, 6.45) is 7.58. The van der Waals surface area contributed by atoms with Gasteiger partial charge in [0.25, 0.3) is 0 Å². The van der Waals surface area contributed by atoms with Crippen molar-refractivity contribution in [2.24, 2.45) is 28.6 Å². The van der Waals surface area contributed by atoms with Crippen molar-refractivity contribution in [3.63, 3.8) is 0 Å². The molecule has 29 heavy (non-hydrogen) atoms. The molecule has 6 nitrogen and oxygen atoms in total. The molecule has 4 aliphatic carbocycles. The molecule has 0 radical (unpaired) electrons. The number of carbonyl (C=O) groups excluding carboxylic acids is 1. The van der Waals surface area contributed by atoms with Crippen molar-refractivity contribution in [3.8, 4) is 0 Å².